The van der Waals surface area contributed by atoms with E-state index in [0.29, 0.717) is 17.5 Å². The van der Waals surface area contributed by atoms with E-state index in [1.165, 1.54) is 25.7 Å². The first-order valence-corrected chi connectivity index (χ1v) is 8.85. The third-order valence-electron chi connectivity index (χ3n) is 5.31. The van der Waals surface area contributed by atoms with E-state index in [2.05, 4.69) is 10.6 Å². The molecule has 0 bridgehead atoms. The van der Waals surface area contributed by atoms with Crippen molar-refractivity contribution in [2.75, 3.05) is 19.4 Å². The van der Waals surface area contributed by atoms with Gasteiger partial charge in [0.2, 0.25) is 5.91 Å². The van der Waals surface area contributed by atoms with Crippen molar-refractivity contribution in [3.05, 3.63) is 29.3 Å². The number of aryl methyl sites for hydroxylation is 1. The van der Waals surface area contributed by atoms with Crippen LogP contribution in [0.5, 0.6) is 0 Å². The molecular weight excluding hydrogens is 338 g/mol. The summed E-state index contributed by atoms with van der Waals surface area (Å²) < 4.78 is 0. The predicted octanol–water partition coefficient (Wildman–Crippen LogP) is 2.98. The molecule has 3 unspecified atom stereocenters. The average molecular weight is 366 g/mol. The molecule has 3 atom stereocenters. The lowest BCUT2D eigenvalue weighted by molar-refractivity contribution is -0.117. The van der Waals surface area contributed by atoms with Gasteiger partial charge in [0.15, 0.2) is 0 Å². The van der Waals surface area contributed by atoms with Gasteiger partial charge in [0.25, 0.3) is 5.91 Å². The number of hydrogen-bond acceptors (Lipinski definition) is 3. The van der Waals surface area contributed by atoms with E-state index in [4.69, 9.17) is 0 Å². The molecule has 2 N–H and O–H groups in total. The Morgan fingerprint density at radius 3 is 2.56 bits per heavy atom. The molecule has 25 heavy (non-hydrogen) atoms. The number of halogens is 1. The van der Waals surface area contributed by atoms with Gasteiger partial charge in [-0.25, -0.2) is 0 Å². The van der Waals surface area contributed by atoms with Crippen molar-refractivity contribution in [3.8, 4) is 0 Å². The summed E-state index contributed by atoms with van der Waals surface area (Å²) in [6.45, 7) is 1.90. The molecule has 1 aliphatic heterocycles. The molecule has 0 aromatic heterocycles. The molecule has 0 radical (unpaired) electrons. The fourth-order valence-electron chi connectivity index (χ4n) is 3.97. The number of nitrogens with one attached hydrogen (secondary N) is 2. The first-order valence-electron chi connectivity index (χ1n) is 8.85. The fraction of sp³-hybridized carbons (Fsp3) is 0.579. The second-order valence-electron chi connectivity index (χ2n) is 7.32. The van der Waals surface area contributed by atoms with Gasteiger partial charge in [0.05, 0.1) is 6.04 Å². The summed E-state index contributed by atoms with van der Waals surface area (Å²) in [5, 5.41) is 6.50. The Labute approximate surface area is 155 Å². The number of nitrogens with zero attached hydrogens (tertiary/aromatic N) is 1. The lowest BCUT2D eigenvalue weighted by atomic mass is 9.85. The van der Waals surface area contributed by atoms with Crippen LogP contribution in [-0.4, -0.2) is 42.9 Å². The zero-order chi connectivity index (χ0) is 17.3. The molecule has 5 nitrogen and oxygen atoms in total. The molecule has 1 aromatic carbocycles. The number of benzene rings is 1. The normalized spacial score (nSPS) is 24.8. The minimum atomic E-state index is -0.0958. The van der Waals surface area contributed by atoms with Crippen molar-refractivity contribution < 1.29 is 9.59 Å². The maximum Gasteiger partial charge on any atom is 0.253 e. The van der Waals surface area contributed by atoms with Crippen LogP contribution in [0.2, 0.25) is 0 Å². The Kier molecular flexibility index (Phi) is 6.47. The number of carbonyl (C=O) groups excluding carboxylic acids is 2. The molecule has 3 rings (SSSR count). The van der Waals surface area contributed by atoms with Crippen LogP contribution >= 0.6 is 12.4 Å². The summed E-state index contributed by atoms with van der Waals surface area (Å²) in [5.74, 6) is 0.665. The third kappa shape index (κ3) is 4.33. The van der Waals surface area contributed by atoms with Gasteiger partial charge < -0.3 is 15.5 Å². The second-order valence-corrected chi connectivity index (χ2v) is 7.32. The monoisotopic (exact) mass is 365 g/mol. The van der Waals surface area contributed by atoms with Gasteiger partial charge in [-0.3, -0.25) is 9.59 Å². The highest BCUT2D eigenvalue weighted by atomic mass is 35.5. The number of carbonyl (C=O) groups is 2. The van der Waals surface area contributed by atoms with E-state index in [1.807, 2.05) is 19.1 Å². The Bertz CT molecular complexity index is 634. The molecule has 2 fully saturated rings. The number of amides is 2. The summed E-state index contributed by atoms with van der Waals surface area (Å²) in [4.78, 5) is 26.2. The SMILES string of the molecule is Cc1cc(NC(=O)C2CC3CCCCC3N2)ccc1C(=O)N(C)C.Cl. The van der Waals surface area contributed by atoms with Crippen LogP contribution in [0.25, 0.3) is 0 Å². The molecule has 2 aliphatic rings. The van der Waals surface area contributed by atoms with Crippen molar-refractivity contribution in [2.24, 2.45) is 5.92 Å². The first-order chi connectivity index (χ1) is 11.5. The molecule has 1 aliphatic carbocycles. The van der Waals surface area contributed by atoms with E-state index < -0.39 is 0 Å². The van der Waals surface area contributed by atoms with Gasteiger partial charge >= 0.3 is 0 Å². The number of anilines is 1. The molecule has 138 valence electrons. The standard InChI is InChI=1S/C19H27N3O2.ClH/c1-12-10-14(8-9-15(12)19(24)22(2)3)20-18(23)17-11-13-6-4-5-7-16(13)21-17;/h8-10,13,16-17,21H,4-7,11H2,1-3H3,(H,20,23);1H. The second kappa shape index (κ2) is 8.19. The zero-order valence-electron chi connectivity index (χ0n) is 15.2. The molecule has 2 amide bonds. The van der Waals surface area contributed by atoms with Crippen LogP contribution < -0.4 is 10.6 Å². The van der Waals surface area contributed by atoms with Crippen molar-refractivity contribution in [1.82, 2.24) is 10.2 Å². The van der Waals surface area contributed by atoms with Crippen molar-refractivity contribution in [1.29, 1.82) is 0 Å². The van der Waals surface area contributed by atoms with Crippen LogP contribution in [0.15, 0.2) is 18.2 Å². The molecule has 1 aromatic rings. The van der Waals surface area contributed by atoms with Crippen LogP contribution in [0.4, 0.5) is 5.69 Å². The van der Waals surface area contributed by atoms with Gasteiger partial charge in [-0.15, -0.1) is 12.4 Å². The highest BCUT2D eigenvalue weighted by Gasteiger charge is 2.38. The van der Waals surface area contributed by atoms with Gasteiger partial charge in [-0.2, -0.15) is 0 Å². The number of hydrogen-bond donors (Lipinski definition) is 2. The summed E-state index contributed by atoms with van der Waals surface area (Å²) in [7, 11) is 3.48. The van der Waals surface area contributed by atoms with E-state index in [-0.39, 0.29) is 30.3 Å². The summed E-state index contributed by atoms with van der Waals surface area (Å²) >= 11 is 0. The molecular formula is C19H28ClN3O2. The van der Waals surface area contributed by atoms with Crippen LogP contribution in [0.3, 0.4) is 0 Å². The van der Waals surface area contributed by atoms with Gasteiger partial charge in [-0.05, 0) is 55.9 Å². The summed E-state index contributed by atoms with van der Waals surface area (Å²) in [5.41, 5.74) is 2.30. The predicted molar refractivity (Wildman–Crippen MR) is 102 cm³/mol. The van der Waals surface area contributed by atoms with E-state index in [0.717, 1.165) is 17.7 Å². The van der Waals surface area contributed by atoms with Crippen molar-refractivity contribution in [2.45, 2.75) is 51.1 Å². The molecule has 1 heterocycles. The topological polar surface area (TPSA) is 61.4 Å². The fourth-order valence-corrected chi connectivity index (χ4v) is 3.97. The molecule has 1 saturated carbocycles. The zero-order valence-corrected chi connectivity index (χ0v) is 16.0. The maximum absolute atomic E-state index is 12.5. The van der Waals surface area contributed by atoms with E-state index in [1.54, 1.807) is 25.1 Å². The Hall–Kier alpha value is -1.59. The summed E-state index contributed by atoms with van der Waals surface area (Å²) in [6.07, 6.45) is 5.92. The minimum absolute atomic E-state index is 0. The van der Waals surface area contributed by atoms with Gasteiger partial charge in [0, 0.05) is 31.4 Å². The smallest absolute Gasteiger partial charge is 0.253 e. The molecule has 0 spiro atoms. The lowest BCUT2D eigenvalue weighted by Gasteiger charge is -2.24. The highest BCUT2D eigenvalue weighted by molar-refractivity contribution is 5.98. The average Bonchev–Trinajstić information content (AvgIpc) is 2.98. The quantitative estimate of drug-likeness (QED) is 0.865. The van der Waals surface area contributed by atoms with Crippen LogP contribution in [0, 0.1) is 12.8 Å². The molecule has 1 saturated heterocycles. The Morgan fingerprint density at radius 1 is 1.20 bits per heavy atom. The van der Waals surface area contributed by atoms with E-state index in [9.17, 15) is 9.59 Å². The number of fused-ring (bicyclic) bond motifs is 1. The van der Waals surface area contributed by atoms with E-state index >= 15 is 0 Å². The maximum atomic E-state index is 12.5. The minimum Gasteiger partial charge on any atom is -0.345 e. The third-order valence-corrected chi connectivity index (χ3v) is 5.31. The Morgan fingerprint density at radius 2 is 1.92 bits per heavy atom. The lowest BCUT2D eigenvalue weighted by Crippen LogP contribution is -2.39. The largest absolute Gasteiger partial charge is 0.345 e. The van der Waals surface area contributed by atoms with Crippen molar-refractivity contribution >= 4 is 29.9 Å². The first kappa shape index (κ1) is 19.7. The van der Waals surface area contributed by atoms with Crippen molar-refractivity contribution in [3.63, 3.8) is 0 Å². The highest BCUT2D eigenvalue weighted by Crippen LogP contribution is 2.33. The Balaban J connectivity index is 0.00000225. The van der Waals surface area contributed by atoms with Crippen LogP contribution in [0.1, 0.15) is 48.0 Å². The van der Waals surface area contributed by atoms with Crippen LogP contribution in [-0.2, 0) is 4.79 Å². The number of rotatable bonds is 3. The van der Waals surface area contributed by atoms with Gasteiger partial charge in [0.1, 0.15) is 0 Å². The van der Waals surface area contributed by atoms with Gasteiger partial charge in [-0.1, -0.05) is 12.8 Å². The molecule has 6 heteroatoms. The summed E-state index contributed by atoms with van der Waals surface area (Å²) in [6, 6.07) is 5.88.